The second-order valence-electron chi connectivity index (χ2n) is 7.96. The van der Waals surface area contributed by atoms with E-state index in [1.165, 1.54) is 22.8 Å². The fourth-order valence-corrected chi connectivity index (χ4v) is 3.24. The molecule has 31 heavy (non-hydrogen) atoms. The molecule has 1 unspecified atom stereocenters. The van der Waals surface area contributed by atoms with Crippen molar-refractivity contribution in [1.29, 1.82) is 0 Å². The normalized spacial score (nSPS) is 12.2. The zero-order valence-electron chi connectivity index (χ0n) is 18.7. The van der Waals surface area contributed by atoms with Crippen molar-refractivity contribution in [3.63, 3.8) is 0 Å². The van der Waals surface area contributed by atoms with Crippen molar-refractivity contribution in [2.45, 2.75) is 53.1 Å². The first kappa shape index (κ1) is 24.3. The number of nitrogens with zero attached hydrogens (tertiary/aromatic N) is 3. The SMILES string of the molecule is CCc1ccccc1NC(=O)CN(C)C(=O)C(C)Nc1cn(CC(C)C)nc1C(F)F. The Bertz CT molecular complexity index is 898. The van der Waals surface area contributed by atoms with E-state index in [1.807, 2.05) is 45.0 Å². The zero-order valence-corrected chi connectivity index (χ0v) is 18.7. The molecule has 0 radical (unpaired) electrons. The third kappa shape index (κ3) is 6.77. The zero-order chi connectivity index (χ0) is 23.1. The van der Waals surface area contributed by atoms with Gasteiger partial charge in [0.2, 0.25) is 11.8 Å². The molecular weight excluding hydrogens is 404 g/mol. The van der Waals surface area contributed by atoms with E-state index in [2.05, 4.69) is 15.7 Å². The molecule has 170 valence electrons. The first-order valence-electron chi connectivity index (χ1n) is 10.4. The Kier molecular flexibility index (Phi) is 8.53. The highest BCUT2D eigenvalue weighted by Gasteiger charge is 2.24. The van der Waals surface area contributed by atoms with E-state index in [0.29, 0.717) is 12.2 Å². The fraction of sp³-hybridized carbons (Fsp3) is 0.500. The number of rotatable bonds is 10. The Labute approximate surface area is 181 Å². The molecular formula is C22H31F2N5O2. The number of alkyl halides is 2. The van der Waals surface area contributed by atoms with Crippen LogP contribution in [0.5, 0.6) is 0 Å². The molecule has 1 heterocycles. The van der Waals surface area contributed by atoms with Gasteiger partial charge < -0.3 is 15.5 Å². The molecule has 7 nitrogen and oxygen atoms in total. The van der Waals surface area contributed by atoms with Gasteiger partial charge in [-0.1, -0.05) is 39.0 Å². The largest absolute Gasteiger partial charge is 0.371 e. The van der Waals surface area contributed by atoms with Gasteiger partial charge in [-0.3, -0.25) is 14.3 Å². The molecule has 0 fully saturated rings. The topological polar surface area (TPSA) is 79.3 Å². The number of carbonyl (C=O) groups excluding carboxylic acids is 2. The van der Waals surface area contributed by atoms with Crippen molar-refractivity contribution in [2.75, 3.05) is 24.2 Å². The van der Waals surface area contributed by atoms with Crippen molar-refractivity contribution in [2.24, 2.45) is 5.92 Å². The van der Waals surface area contributed by atoms with Crippen LogP contribution in [0.2, 0.25) is 0 Å². The number of benzene rings is 1. The van der Waals surface area contributed by atoms with Gasteiger partial charge in [0.05, 0.1) is 12.2 Å². The van der Waals surface area contributed by atoms with Crippen LogP contribution in [0.1, 0.15) is 45.4 Å². The quantitative estimate of drug-likeness (QED) is 0.593. The lowest BCUT2D eigenvalue weighted by molar-refractivity contribution is -0.133. The maximum absolute atomic E-state index is 13.4. The van der Waals surface area contributed by atoms with Crippen LogP contribution in [-0.2, 0) is 22.6 Å². The Morgan fingerprint density at radius 3 is 2.45 bits per heavy atom. The summed E-state index contributed by atoms with van der Waals surface area (Å²) >= 11 is 0. The van der Waals surface area contributed by atoms with E-state index in [-0.39, 0.29) is 24.1 Å². The Morgan fingerprint density at radius 1 is 1.16 bits per heavy atom. The van der Waals surface area contributed by atoms with Crippen LogP contribution < -0.4 is 10.6 Å². The second kappa shape index (κ2) is 10.9. The van der Waals surface area contributed by atoms with Gasteiger partial charge in [-0.2, -0.15) is 5.10 Å². The molecule has 0 aliphatic heterocycles. The summed E-state index contributed by atoms with van der Waals surface area (Å²) in [7, 11) is 1.50. The number of aryl methyl sites for hydroxylation is 1. The fourth-order valence-electron chi connectivity index (χ4n) is 3.24. The van der Waals surface area contributed by atoms with Crippen molar-refractivity contribution >= 4 is 23.2 Å². The van der Waals surface area contributed by atoms with E-state index < -0.39 is 24.1 Å². The van der Waals surface area contributed by atoms with Crippen LogP contribution in [0.25, 0.3) is 0 Å². The van der Waals surface area contributed by atoms with Gasteiger partial charge in [-0.05, 0) is 30.9 Å². The predicted molar refractivity (Wildman–Crippen MR) is 117 cm³/mol. The number of halogens is 2. The third-order valence-electron chi connectivity index (χ3n) is 4.72. The van der Waals surface area contributed by atoms with Crippen LogP contribution in [0.15, 0.2) is 30.5 Å². The number of nitrogens with one attached hydrogen (secondary N) is 2. The summed E-state index contributed by atoms with van der Waals surface area (Å²) in [6, 6.07) is 6.65. The number of para-hydroxylation sites is 1. The van der Waals surface area contributed by atoms with Crippen molar-refractivity contribution < 1.29 is 18.4 Å². The highest BCUT2D eigenvalue weighted by Crippen LogP contribution is 2.26. The first-order chi connectivity index (χ1) is 14.6. The molecule has 1 aromatic carbocycles. The molecule has 0 aliphatic rings. The summed E-state index contributed by atoms with van der Waals surface area (Å²) in [6.07, 6.45) is -0.511. The van der Waals surface area contributed by atoms with E-state index in [4.69, 9.17) is 0 Å². The van der Waals surface area contributed by atoms with Gasteiger partial charge in [0.25, 0.3) is 6.43 Å². The Balaban J connectivity index is 2.01. The van der Waals surface area contributed by atoms with Crippen molar-refractivity contribution in [1.82, 2.24) is 14.7 Å². The number of hydrogen-bond donors (Lipinski definition) is 2. The molecule has 2 amide bonds. The minimum absolute atomic E-state index is 0.117. The summed E-state index contributed by atoms with van der Waals surface area (Å²) in [6.45, 7) is 7.81. The lowest BCUT2D eigenvalue weighted by atomic mass is 10.1. The lowest BCUT2D eigenvalue weighted by Gasteiger charge is -2.22. The molecule has 0 saturated carbocycles. The number of hydrogen-bond acceptors (Lipinski definition) is 4. The monoisotopic (exact) mass is 435 g/mol. The van der Waals surface area contributed by atoms with Crippen LogP contribution in [-0.4, -0.2) is 46.1 Å². The first-order valence-corrected chi connectivity index (χ1v) is 10.4. The molecule has 0 aliphatic carbocycles. The van der Waals surface area contributed by atoms with E-state index in [1.54, 1.807) is 6.92 Å². The maximum atomic E-state index is 13.4. The summed E-state index contributed by atoms with van der Waals surface area (Å²) in [5, 5.41) is 9.57. The number of carbonyl (C=O) groups is 2. The molecule has 0 spiro atoms. The van der Waals surface area contributed by atoms with Gasteiger partial charge in [0.15, 0.2) is 5.69 Å². The molecule has 0 bridgehead atoms. The summed E-state index contributed by atoms with van der Waals surface area (Å²) in [4.78, 5) is 26.3. The van der Waals surface area contributed by atoms with Crippen LogP contribution in [0, 0.1) is 5.92 Å². The lowest BCUT2D eigenvalue weighted by Crippen LogP contribution is -2.42. The van der Waals surface area contributed by atoms with Crippen LogP contribution in [0.3, 0.4) is 0 Å². The molecule has 2 aromatic rings. The summed E-state index contributed by atoms with van der Waals surface area (Å²) in [5.74, 6) is -0.488. The number of amides is 2. The van der Waals surface area contributed by atoms with Gasteiger partial charge in [0, 0.05) is 25.5 Å². The predicted octanol–water partition coefficient (Wildman–Crippen LogP) is 3.94. The van der Waals surface area contributed by atoms with E-state index in [0.717, 1.165) is 12.0 Å². The third-order valence-corrected chi connectivity index (χ3v) is 4.72. The molecule has 0 saturated heterocycles. The highest BCUT2D eigenvalue weighted by molar-refractivity contribution is 5.96. The minimum atomic E-state index is -2.76. The average Bonchev–Trinajstić information content (AvgIpc) is 3.09. The summed E-state index contributed by atoms with van der Waals surface area (Å²) in [5.41, 5.74) is 1.43. The number of aromatic nitrogens is 2. The minimum Gasteiger partial charge on any atom is -0.371 e. The Morgan fingerprint density at radius 2 is 1.84 bits per heavy atom. The van der Waals surface area contributed by atoms with Gasteiger partial charge >= 0.3 is 0 Å². The number of anilines is 2. The molecule has 1 aromatic heterocycles. The van der Waals surface area contributed by atoms with Crippen LogP contribution >= 0.6 is 0 Å². The van der Waals surface area contributed by atoms with E-state index in [9.17, 15) is 18.4 Å². The number of likely N-dealkylation sites (N-methyl/N-ethyl adjacent to an activating group) is 1. The molecule has 2 N–H and O–H groups in total. The standard InChI is InChI=1S/C22H31F2N5O2/c1-6-16-9-7-8-10-17(16)26-19(30)13-28(5)22(31)15(4)25-18-12-29(11-14(2)3)27-20(18)21(23)24/h7-10,12,14-15,21,25H,6,11,13H2,1-5H3,(H,26,30). The van der Waals surface area contributed by atoms with Gasteiger partial charge in [-0.15, -0.1) is 0 Å². The van der Waals surface area contributed by atoms with Crippen molar-refractivity contribution in [3.8, 4) is 0 Å². The second-order valence-corrected chi connectivity index (χ2v) is 7.96. The highest BCUT2D eigenvalue weighted by atomic mass is 19.3. The van der Waals surface area contributed by atoms with Crippen molar-refractivity contribution in [3.05, 3.63) is 41.7 Å². The van der Waals surface area contributed by atoms with Gasteiger partial charge in [0.1, 0.15) is 6.04 Å². The molecule has 9 heteroatoms. The molecule has 1 atom stereocenters. The summed E-state index contributed by atoms with van der Waals surface area (Å²) < 4.78 is 28.2. The average molecular weight is 436 g/mol. The van der Waals surface area contributed by atoms with Crippen LogP contribution in [0.4, 0.5) is 20.2 Å². The smallest absolute Gasteiger partial charge is 0.284 e. The van der Waals surface area contributed by atoms with Gasteiger partial charge in [-0.25, -0.2) is 8.78 Å². The maximum Gasteiger partial charge on any atom is 0.284 e. The Hall–Kier alpha value is -2.97. The van der Waals surface area contributed by atoms with E-state index >= 15 is 0 Å². The molecule has 2 rings (SSSR count).